The Morgan fingerprint density at radius 1 is 1.20 bits per heavy atom. The van der Waals surface area contributed by atoms with E-state index in [1.807, 2.05) is 35.2 Å². The third-order valence-corrected chi connectivity index (χ3v) is 4.36. The van der Waals surface area contributed by atoms with Crippen molar-refractivity contribution in [3.8, 4) is 0 Å². The van der Waals surface area contributed by atoms with Crippen LogP contribution in [0.15, 0.2) is 42.7 Å². The van der Waals surface area contributed by atoms with Gasteiger partial charge in [-0.1, -0.05) is 30.3 Å². The Labute approximate surface area is 146 Å². The van der Waals surface area contributed by atoms with Crippen molar-refractivity contribution in [2.24, 2.45) is 0 Å². The number of rotatable bonds is 6. The molecule has 0 radical (unpaired) electrons. The molecule has 2 atom stereocenters. The second-order valence-electron chi connectivity index (χ2n) is 6.26. The highest BCUT2D eigenvalue weighted by Gasteiger charge is 2.32. The molecule has 1 aliphatic rings. The number of anilines is 1. The first-order valence-corrected chi connectivity index (χ1v) is 8.35. The molecule has 1 saturated heterocycles. The van der Waals surface area contributed by atoms with Gasteiger partial charge in [-0.05, 0) is 18.4 Å². The highest BCUT2D eigenvalue weighted by Crippen LogP contribution is 2.20. The van der Waals surface area contributed by atoms with E-state index in [9.17, 15) is 15.0 Å². The van der Waals surface area contributed by atoms with E-state index in [0.29, 0.717) is 32.0 Å². The van der Waals surface area contributed by atoms with Gasteiger partial charge in [-0.2, -0.15) is 0 Å². The maximum atomic E-state index is 11.4. The number of benzene rings is 1. The van der Waals surface area contributed by atoms with Crippen molar-refractivity contribution in [1.29, 1.82) is 0 Å². The lowest BCUT2D eigenvalue weighted by Gasteiger charge is -2.35. The number of aliphatic carboxylic acids is 1. The fourth-order valence-electron chi connectivity index (χ4n) is 2.98. The number of aromatic nitrogens is 2. The van der Waals surface area contributed by atoms with Gasteiger partial charge in [0.05, 0.1) is 6.10 Å². The molecular formula is C18H22N4O3. The van der Waals surface area contributed by atoms with Crippen LogP contribution in [0.3, 0.4) is 0 Å². The van der Waals surface area contributed by atoms with Crippen molar-refractivity contribution in [3.05, 3.63) is 53.9 Å². The monoisotopic (exact) mass is 342 g/mol. The quantitative estimate of drug-likeness (QED) is 0.731. The molecule has 25 heavy (non-hydrogen) atoms. The van der Waals surface area contributed by atoms with E-state index < -0.39 is 18.1 Å². The standard InChI is InChI=1S/C18H22N4O3/c23-15-6-7-22(16(8-15)17(24)25)12-14-10-20-18(21-11-14)19-9-13-4-2-1-3-5-13/h1-5,10-11,15-16,23H,6-9,12H2,(H,24,25)(H,19,20,21)/t15-,16+/m0/s1. The Kier molecular flexibility index (Phi) is 5.57. The molecule has 1 fully saturated rings. The molecule has 2 aromatic rings. The Balaban J connectivity index is 1.57. The smallest absolute Gasteiger partial charge is 0.321 e. The molecule has 1 aromatic heterocycles. The predicted octanol–water partition coefficient (Wildman–Crippen LogP) is 1.50. The third-order valence-electron chi connectivity index (χ3n) is 4.36. The van der Waals surface area contributed by atoms with Crippen molar-refractivity contribution in [2.75, 3.05) is 11.9 Å². The van der Waals surface area contributed by atoms with Crippen LogP contribution in [0.2, 0.25) is 0 Å². The van der Waals surface area contributed by atoms with Crippen molar-refractivity contribution >= 4 is 11.9 Å². The van der Waals surface area contributed by atoms with E-state index in [1.54, 1.807) is 12.4 Å². The van der Waals surface area contributed by atoms with Gasteiger partial charge in [0, 0.05) is 37.6 Å². The summed E-state index contributed by atoms with van der Waals surface area (Å²) in [6.07, 6.45) is 3.72. The molecule has 1 aliphatic heterocycles. The Morgan fingerprint density at radius 2 is 1.92 bits per heavy atom. The Morgan fingerprint density at radius 3 is 2.60 bits per heavy atom. The lowest BCUT2D eigenvalue weighted by molar-refractivity contribution is -0.147. The van der Waals surface area contributed by atoms with Gasteiger partial charge in [-0.15, -0.1) is 0 Å². The molecule has 132 valence electrons. The highest BCUT2D eigenvalue weighted by molar-refractivity contribution is 5.73. The minimum absolute atomic E-state index is 0.257. The van der Waals surface area contributed by atoms with Crippen LogP contribution in [0.25, 0.3) is 0 Å². The summed E-state index contributed by atoms with van der Waals surface area (Å²) in [6, 6.07) is 9.32. The lowest BCUT2D eigenvalue weighted by atomic mass is 9.99. The molecule has 0 spiro atoms. The van der Waals surface area contributed by atoms with Gasteiger partial charge < -0.3 is 15.5 Å². The number of likely N-dealkylation sites (tertiary alicyclic amines) is 1. The van der Waals surface area contributed by atoms with Gasteiger partial charge in [0.1, 0.15) is 6.04 Å². The minimum Gasteiger partial charge on any atom is -0.480 e. The summed E-state index contributed by atoms with van der Waals surface area (Å²) in [5.74, 6) is -0.364. The van der Waals surface area contributed by atoms with E-state index in [1.165, 1.54) is 0 Å². The first-order valence-electron chi connectivity index (χ1n) is 8.35. The molecule has 7 heteroatoms. The lowest BCUT2D eigenvalue weighted by Crippen LogP contribution is -2.48. The average Bonchev–Trinajstić information content (AvgIpc) is 2.63. The van der Waals surface area contributed by atoms with Gasteiger partial charge in [-0.3, -0.25) is 9.69 Å². The van der Waals surface area contributed by atoms with Crippen LogP contribution in [-0.2, 0) is 17.9 Å². The number of carbonyl (C=O) groups is 1. The summed E-state index contributed by atoms with van der Waals surface area (Å²) in [7, 11) is 0. The number of piperidine rings is 1. The number of aliphatic hydroxyl groups excluding tert-OH is 1. The van der Waals surface area contributed by atoms with Gasteiger partial charge in [0.15, 0.2) is 0 Å². The number of hydrogen-bond donors (Lipinski definition) is 3. The van der Waals surface area contributed by atoms with Gasteiger partial charge in [-0.25, -0.2) is 9.97 Å². The summed E-state index contributed by atoms with van der Waals surface area (Å²) in [5, 5.41) is 22.2. The molecule has 7 nitrogen and oxygen atoms in total. The SMILES string of the molecule is O=C(O)[C@H]1C[C@@H](O)CCN1Cc1cnc(NCc2ccccc2)nc1. The van der Waals surface area contributed by atoms with Gasteiger partial charge in [0.2, 0.25) is 5.95 Å². The number of carboxylic acid groups (broad SMARTS) is 1. The molecule has 3 N–H and O–H groups in total. The topological polar surface area (TPSA) is 98.6 Å². The minimum atomic E-state index is -0.902. The van der Waals surface area contributed by atoms with E-state index in [4.69, 9.17) is 0 Å². The summed E-state index contributed by atoms with van der Waals surface area (Å²) >= 11 is 0. The summed E-state index contributed by atoms with van der Waals surface area (Å²) in [5.41, 5.74) is 2.00. The van der Waals surface area contributed by atoms with Crippen LogP contribution in [0.1, 0.15) is 24.0 Å². The summed E-state index contributed by atoms with van der Waals surface area (Å²) in [4.78, 5) is 21.8. The van der Waals surface area contributed by atoms with Crippen LogP contribution >= 0.6 is 0 Å². The number of hydrogen-bond acceptors (Lipinski definition) is 6. The molecule has 0 aliphatic carbocycles. The van der Waals surface area contributed by atoms with Gasteiger partial charge in [0.25, 0.3) is 0 Å². The van der Waals surface area contributed by atoms with Crippen LogP contribution < -0.4 is 5.32 Å². The van der Waals surface area contributed by atoms with Crippen molar-refractivity contribution in [2.45, 2.75) is 38.1 Å². The fraction of sp³-hybridized carbons (Fsp3) is 0.389. The van der Waals surface area contributed by atoms with E-state index >= 15 is 0 Å². The molecule has 0 unspecified atom stereocenters. The number of aliphatic hydroxyl groups is 1. The zero-order valence-corrected chi connectivity index (χ0v) is 13.9. The molecular weight excluding hydrogens is 320 g/mol. The van der Waals surface area contributed by atoms with Crippen LogP contribution in [0.5, 0.6) is 0 Å². The van der Waals surface area contributed by atoms with Gasteiger partial charge >= 0.3 is 5.97 Å². The molecule has 0 amide bonds. The first kappa shape index (κ1) is 17.3. The summed E-state index contributed by atoms with van der Waals surface area (Å²) in [6.45, 7) is 1.65. The molecule has 1 aromatic carbocycles. The van der Waals surface area contributed by atoms with Crippen LogP contribution in [0, 0.1) is 0 Å². The van der Waals surface area contributed by atoms with Crippen molar-refractivity contribution in [3.63, 3.8) is 0 Å². The number of nitrogens with one attached hydrogen (secondary N) is 1. The molecule has 2 heterocycles. The van der Waals surface area contributed by atoms with E-state index in [-0.39, 0.29) is 6.42 Å². The van der Waals surface area contributed by atoms with E-state index in [0.717, 1.165) is 11.1 Å². The number of carboxylic acids is 1. The Hall–Kier alpha value is -2.51. The maximum Gasteiger partial charge on any atom is 0.321 e. The largest absolute Gasteiger partial charge is 0.480 e. The maximum absolute atomic E-state index is 11.4. The zero-order valence-electron chi connectivity index (χ0n) is 13.9. The summed E-state index contributed by atoms with van der Waals surface area (Å²) < 4.78 is 0. The average molecular weight is 342 g/mol. The molecule has 0 saturated carbocycles. The second-order valence-corrected chi connectivity index (χ2v) is 6.26. The predicted molar refractivity (Wildman–Crippen MR) is 92.9 cm³/mol. The molecule has 3 rings (SSSR count). The third kappa shape index (κ3) is 4.74. The first-order chi connectivity index (χ1) is 12.1. The van der Waals surface area contributed by atoms with Crippen LogP contribution in [0.4, 0.5) is 5.95 Å². The zero-order chi connectivity index (χ0) is 17.6. The van der Waals surface area contributed by atoms with Crippen LogP contribution in [-0.4, -0.2) is 49.7 Å². The Bertz CT molecular complexity index is 693. The van der Waals surface area contributed by atoms with Crippen molar-refractivity contribution in [1.82, 2.24) is 14.9 Å². The van der Waals surface area contributed by atoms with Crippen molar-refractivity contribution < 1.29 is 15.0 Å². The molecule has 0 bridgehead atoms. The highest BCUT2D eigenvalue weighted by atomic mass is 16.4. The van der Waals surface area contributed by atoms with E-state index in [2.05, 4.69) is 15.3 Å². The number of nitrogens with zero attached hydrogens (tertiary/aromatic N) is 3. The normalized spacial score (nSPS) is 21.0. The second kappa shape index (κ2) is 8.04. The fourth-order valence-corrected chi connectivity index (χ4v) is 2.98.